The third-order valence-electron chi connectivity index (χ3n) is 5.18. The first-order valence-electron chi connectivity index (χ1n) is 9.65. The van der Waals surface area contributed by atoms with Gasteiger partial charge in [-0.2, -0.15) is 13.2 Å². The van der Waals surface area contributed by atoms with Crippen molar-refractivity contribution in [2.45, 2.75) is 32.2 Å². The molecule has 1 fully saturated rings. The van der Waals surface area contributed by atoms with Crippen LogP contribution < -0.4 is 15.4 Å². The lowest BCUT2D eigenvalue weighted by Crippen LogP contribution is -2.36. The Morgan fingerprint density at radius 1 is 1.27 bits per heavy atom. The first kappa shape index (κ1) is 20.3. The van der Waals surface area contributed by atoms with Crippen molar-refractivity contribution in [2.75, 3.05) is 13.1 Å². The maximum Gasteiger partial charge on any atom is 0.416 e. The van der Waals surface area contributed by atoms with Gasteiger partial charge in [0.25, 0.3) is 5.91 Å². The molecule has 158 valence electrons. The quantitative estimate of drug-likeness (QED) is 0.644. The molecule has 3 aromatic rings. The van der Waals surface area contributed by atoms with Gasteiger partial charge < -0.3 is 19.8 Å². The van der Waals surface area contributed by atoms with E-state index in [-0.39, 0.29) is 24.1 Å². The molecule has 4 rings (SSSR count). The number of fused-ring (bicyclic) bond motifs is 1. The van der Waals surface area contributed by atoms with Gasteiger partial charge in [0, 0.05) is 23.5 Å². The largest absolute Gasteiger partial charge is 0.489 e. The molecule has 2 heterocycles. The van der Waals surface area contributed by atoms with Crippen LogP contribution in [0.3, 0.4) is 0 Å². The third-order valence-corrected chi connectivity index (χ3v) is 5.18. The topological polar surface area (TPSA) is 63.5 Å². The Kier molecular flexibility index (Phi) is 5.42. The van der Waals surface area contributed by atoms with Crippen LogP contribution in [-0.4, -0.2) is 25.0 Å². The minimum absolute atomic E-state index is 0.0418. The highest BCUT2D eigenvalue weighted by molar-refractivity contribution is 6.07. The maximum absolute atomic E-state index is 13.2. The number of hydrogen-bond acceptors (Lipinski definition) is 4. The molecule has 1 saturated heterocycles. The van der Waals surface area contributed by atoms with Crippen molar-refractivity contribution in [1.29, 1.82) is 0 Å². The molecule has 0 saturated carbocycles. The fraction of sp³-hybridized carbons (Fsp3) is 0.318. The average molecular weight is 418 g/mol. The lowest BCUT2D eigenvalue weighted by molar-refractivity contribution is -0.138. The van der Waals surface area contributed by atoms with Crippen molar-refractivity contribution in [3.05, 3.63) is 64.9 Å². The zero-order valence-corrected chi connectivity index (χ0v) is 16.3. The molecule has 1 aromatic heterocycles. The van der Waals surface area contributed by atoms with Gasteiger partial charge in [0.15, 0.2) is 0 Å². The van der Waals surface area contributed by atoms with Crippen LogP contribution in [0.2, 0.25) is 0 Å². The fourth-order valence-electron chi connectivity index (χ4n) is 3.69. The number of hydrogen-bond donors (Lipinski definition) is 2. The van der Waals surface area contributed by atoms with Gasteiger partial charge in [-0.25, -0.2) is 0 Å². The number of amides is 1. The van der Waals surface area contributed by atoms with Gasteiger partial charge in [0.1, 0.15) is 23.7 Å². The summed E-state index contributed by atoms with van der Waals surface area (Å²) in [5.41, 5.74) is 0.249. The second-order valence-corrected chi connectivity index (χ2v) is 7.30. The second kappa shape index (κ2) is 8.02. The Labute approximate surface area is 171 Å². The Morgan fingerprint density at radius 3 is 2.80 bits per heavy atom. The summed E-state index contributed by atoms with van der Waals surface area (Å²) < 4.78 is 50.8. The predicted octanol–water partition coefficient (Wildman–Crippen LogP) is 4.43. The van der Waals surface area contributed by atoms with Crippen LogP contribution in [-0.2, 0) is 12.8 Å². The first-order valence-corrected chi connectivity index (χ1v) is 9.65. The highest BCUT2D eigenvalue weighted by Gasteiger charge is 2.33. The summed E-state index contributed by atoms with van der Waals surface area (Å²) >= 11 is 0. The molecule has 8 heteroatoms. The zero-order chi connectivity index (χ0) is 21.3. The monoisotopic (exact) mass is 418 g/mol. The van der Waals surface area contributed by atoms with E-state index < -0.39 is 11.7 Å². The van der Waals surface area contributed by atoms with E-state index in [1.807, 2.05) is 0 Å². The smallest absolute Gasteiger partial charge is 0.416 e. The highest BCUT2D eigenvalue weighted by atomic mass is 19.4. The highest BCUT2D eigenvalue weighted by Crippen LogP contribution is 2.33. The third kappa shape index (κ3) is 4.14. The minimum Gasteiger partial charge on any atom is -0.489 e. The zero-order valence-electron chi connectivity index (χ0n) is 16.3. The lowest BCUT2D eigenvalue weighted by Gasteiger charge is -2.13. The molecule has 1 atom stereocenters. The molecule has 0 aliphatic carbocycles. The normalized spacial score (nSPS) is 16.7. The molecule has 2 aromatic carbocycles. The number of alkyl halides is 3. The van der Waals surface area contributed by atoms with E-state index in [4.69, 9.17) is 9.15 Å². The number of ether oxygens (including phenoxy) is 1. The molecule has 1 aliphatic rings. The number of benzene rings is 2. The number of furan rings is 1. The molecule has 5 nitrogen and oxygen atoms in total. The van der Waals surface area contributed by atoms with Crippen molar-refractivity contribution in [3.63, 3.8) is 0 Å². The van der Waals surface area contributed by atoms with E-state index in [0.29, 0.717) is 34.6 Å². The molecule has 0 spiro atoms. The number of carbonyl (C=O) groups is 1. The van der Waals surface area contributed by atoms with Crippen molar-refractivity contribution in [1.82, 2.24) is 10.6 Å². The summed E-state index contributed by atoms with van der Waals surface area (Å²) in [6, 6.07) is 10.3. The van der Waals surface area contributed by atoms with Gasteiger partial charge in [-0.05, 0) is 44.2 Å². The van der Waals surface area contributed by atoms with Gasteiger partial charge >= 0.3 is 6.18 Å². The average Bonchev–Trinajstić information content (AvgIpc) is 3.32. The number of rotatable bonds is 5. The van der Waals surface area contributed by atoms with Crippen LogP contribution in [0.1, 0.15) is 33.7 Å². The van der Waals surface area contributed by atoms with Crippen molar-refractivity contribution >= 4 is 16.9 Å². The Morgan fingerprint density at radius 2 is 2.07 bits per heavy atom. The van der Waals surface area contributed by atoms with E-state index in [9.17, 15) is 18.0 Å². The molecule has 1 aliphatic heterocycles. The van der Waals surface area contributed by atoms with Gasteiger partial charge in [0.2, 0.25) is 0 Å². The molecule has 2 N–H and O–H groups in total. The standard InChI is InChI=1S/C22H21F3N2O3/c1-13-20(21(28)27-15-8-9-26-11-15)17-10-16(6-7-19(17)30-13)29-12-14-4-2-3-5-18(14)22(23,24)25/h2-7,10,15,26H,8-9,11-12H2,1H3,(H,27,28). The molecule has 1 unspecified atom stereocenters. The molecule has 0 radical (unpaired) electrons. The SMILES string of the molecule is Cc1oc2ccc(OCc3ccccc3C(F)(F)F)cc2c1C(=O)NC1CCNC1. The number of aryl methyl sites for hydroxylation is 1. The van der Waals surface area contributed by atoms with Gasteiger partial charge in [-0.3, -0.25) is 4.79 Å². The predicted molar refractivity (Wildman–Crippen MR) is 105 cm³/mol. The lowest BCUT2D eigenvalue weighted by atomic mass is 10.1. The summed E-state index contributed by atoms with van der Waals surface area (Å²) in [4.78, 5) is 12.8. The van der Waals surface area contributed by atoms with E-state index >= 15 is 0 Å². The summed E-state index contributed by atoms with van der Waals surface area (Å²) in [6.07, 6.45) is -3.60. The van der Waals surface area contributed by atoms with E-state index in [1.54, 1.807) is 25.1 Å². The van der Waals surface area contributed by atoms with Crippen LogP contribution >= 0.6 is 0 Å². The van der Waals surface area contributed by atoms with E-state index in [2.05, 4.69) is 10.6 Å². The maximum atomic E-state index is 13.2. The van der Waals surface area contributed by atoms with Crippen LogP contribution in [0.15, 0.2) is 46.9 Å². The van der Waals surface area contributed by atoms with Crippen molar-refractivity contribution in [3.8, 4) is 5.75 Å². The number of nitrogens with one attached hydrogen (secondary N) is 2. The number of carbonyl (C=O) groups excluding carboxylic acids is 1. The van der Waals surface area contributed by atoms with Crippen molar-refractivity contribution in [2.24, 2.45) is 0 Å². The molecular formula is C22H21F3N2O3. The van der Waals surface area contributed by atoms with Crippen LogP contribution in [0.4, 0.5) is 13.2 Å². The molecular weight excluding hydrogens is 397 g/mol. The fourth-order valence-corrected chi connectivity index (χ4v) is 3.69. The van der Waals surface area contributed by atoms with Gasteiger partial charge in [-0.15, -0.1) is 0 Å². The van der Waals surface area contributed by atoms with E-state index in [1.165, 1.54) is 18.2 Å². The summed E-state index contributed by atoms with van der Waals surface area (Å²) in [6.45, 7) is 3.04. The van der Waals surface area contributed by atoms with Gasteiger partial charge in [0.05, 0.1) is 11.1 Å². The Hall–Kier alpha value is -3.00. The summed E-state index contributed by atoms with van der Waals surface area (Å²) in [5.74, 6) is 0.601. The Bertz CT molecular complexity index is 1070. The summed E-state index contributed by atoms with van der Waals surface area (Å²) in [5, 5.41) is 6.75. The Balaban J connectivity index is 1.57. The van der Waals surface area contributed by atoms with Crippen LogP contribution in [0.5, 0.6) is 5.75 Å². The van der Waals surface area contributed by atoms with Gasteiger partial charge in [-0.1, -0.05) is 18.2 Å². The van der Waals surface area contributed by atoms with E-state index in [0.717, 1.165) is 19.0 Å². The molecule has 0 bridgehead atoms. The number of halogens is 3. The second-order valence-electron chi connectivity index (χ2n) is 7.30. The van der Waals surface area contributed by atoms with Crippen molar-refractivity contribution < 1.29 is 27.1 Å². The molecule has 30 heavy (non-hydrogen) atoms. The van der Waals surface area contributed by atoms with Crippen LogP contribution in [0, 0.1) is 6.92 Å². The summed E-state index contributed by atoms with van der Waals surface area (Å²) in [7, 11) is 0. The van der Waals surface area contributed by atoms with Crippen LogP contribution in [0.25, 0.3) is 11.0 Å². The molecule has 1 amide bonds. The first-order chi connectivity index (χ1) is 14.3. The minimum atomic E-state index is -4.45.